The van der Waals surface area contributed by atoms with Crippen LogP contribution in [0, 0.1) is 0 Å². The predicted molar refractivity (Wildman–Crippen MR) is 320 cm³/mol. The highest BCUT2D eigenvalue weighted by Crippen LogP contribution is 2.38. The molecular weight excluding hydrogens is 936 g/mol. The Morgan fingerprint density at radius 2 is 0.838 bits per heavy atom. The maximum absolute atomic E-state index is 12.9. The Balaban J connectivity index is 4.41. The van der Waals surface area contributed by atoms with Gasteiger partial charge in [-0.1, -0.05) is 223 Å². The SMILES string of the molecule is CC/C=C\C/C=C\C/C=C\C/C=C\C/C=C\C/C=C\C/C=C\C/C=C\C/C=C\C/C=C\CCCCC(=O)NC(COP(=O)([O-])OCC[N+](C)(C)C)C(O)/C=C/CC/C=C/CC/C=C/CCCCCCCCCCC. The second-order valence-corrected chi connectivity index (χ2v) is 21.3. The van der Waals surface area contributed by atoms with Crippen molar-refractivity contribution in [3.63, 3.8) is 0 Å². The number of carbonyl (C=O) groups excluding carboxylic acids is 1. The Hall–Kier alpha value is -3.88. The minimum absolute atomic E-state index is 0.0270. The van der Waals surface area contributed by atoms with Gasteiger partial charge in [-0.05, 0) is 122 Å². The van der Waals surface area contributed by atoms with Gasteiger partial charge in [-0.3, -0.25) is 9.36 Å². The number of aliphatic hydroxyl groups excluding tert-OH is 1. The molecule has 0 aliphatic rings. The highest BCUT2D eigenvalue weighted by Gasteiger charge is 2.23. The van der Waals surface area contributed by atoms with E-state index in [1.165, 1.54) is 57.8 Å². The lowest BCUT2D eigenvalue weighted by atomic mass is 10.1. The van der Waals surface area contributed by atoms with Crippen LogP contribution in [0.25, 0.3) is 0 Å². The highest BCUT2D eigenvalue weighted by molar-refractivity contribution is 7.45. The van der Waals surface area contributed by atoms with Crippen molar-refractivity contribution in [1.82, 2.24) is 5.32 Å². The van der Waals surface area contributed by atoms with Crippen LogP contribution in [0.15, 0.2) is 158 Å². The molecule has 1 amide bonds. The number of phosphoric ester groups is 1. The van der Waals surface area contributed by atoms with Crippen molar-refractivity contribution < 1.29 is 32.9 Å². The molecule has 0 aromatic carbocycles. The minimum atomic E-state index is -4.63. The van der Waals surface area contributed by atoms with Crippen molar-refractivity contribution in [2.45, 2.75) is 206 Å². The molecule has 0 bridgehead atoms. The summed E-state index contributed by atoms with van der Waals surface area (Å²) in [5, 5.41) is 13.8. The van der Waals surface area contributed by atoms with E-state index in [4.69, 9.17) is 9.05 Å². The Morgan fingerprint density at radius 1 is 0.486 bits per heavy atom. The second-order valence-electron chi connectivity index (χ2n) is 19.9. The maximum Gasteiger partial charge on any atom is 0.268 e. The first-order valence-corrected chi connectivity index (χ1v) is 30.3. The summed E-state index contributed by atoms with van der Waals surface area (Å²) in [5.74, 6) is -0.261. The van der Waals surface area contributed by atoms with Crippen LogP contribution in [-0.2, 0) is 18.4 Å². The van der Waals surface area contributed by atoms with Crippen molar-refractivity contribution in [2.75, 3.05) is 40.9 Å². The molecular formula is C65H107N2O6P. The molecule has 0 radical (unpaired) electrons. The molecule has 0 saturated carbocycles. The van der Waals surface area contributed by atoms with Gasteiger partial charge in [0.05, 0.1) is 39.9 Å². The summed E-state index contributed by atoms with van der Waals surface area (Å²) in [6.07, 6.45) is 84.7. The summed E-state index contributed by atoms with van der Waals surface area (Å²) in [7, 11) is 1.18. The molecule has 0 spiro atoms. The molecule has 0 aliphatic carbocycles. The zero-order valence-electron chi connectivity index (χ0n) is 47.5. The molecule has 0 saturated heterocycles. The number of rotatable bonds is 50. The Kier molecular flexibility index (Phi) is 51.1. The van der Waals surface area contributed by atoms with Gasteiger partial charge >= 0.3 is 0 Å². The van der Waals surface area contributed by atoms with Gasteiger partial charge in [0.15, 0.2) is 0 Å². The standard InChI is InChI=1S/C65H107N2O6P/c1-6-8-10-12-14-16-18-20-22-24-26-27-28-29-30-31-32-33-34-35-36-37-38-39-41-43-45-47-49-51-53-55-57-59-65(69)66-63(62-73-74(70,71)72-61-60-67(3,4)5)64(68)58-56-54-52-50-48-46-44-42-40-25-23-21-19-17-15-13-11-9-7-2/h8,10,14,16,20,22,26-27,29-30,32-33,35-36,38-40,42-43,45,48-51,56,58,63-64,68H,6-7,9,11-13,15,17-19,21,23-25,28,31,34,37,41,44,46-47,52-55,57,59-62H2,1-5H3,(H-,66,69,70,71)/b10-8-,16-14-,22-20-,27-26-,30-29-,33-32-,36-35-,39-38-,42-40+,45-43-,50-48+,51-49-,58-56+. The van der Waals surface area contributed by atoms with Crippen LogP contribution in [-0.4, -0.2) is 68.5 Å². The first-order chi connectivity index (χ1) is 36.0. The molecule has 8 nitrogen and oxygen atoms in total. The predicted octanol–water partition coefficient (Wildman–Crippen LogP) is 17.2. The van der Waals surface area contributed by atoms with Crippen molar-refractivity contribution >= 4 is 13.7 Å². The van der Waals surface area contributed by atoms with E-state index < -0.39 is 26.6 Å². The number of allylic oxidation sites excluding steroid dienone is 25. The topological polar surface area (TPSA) is 108 Å². The molecule has 3 atom stereocenters. The molecule has 0 aromatic heterocycles. The number of nitrogens with one attached hydrogen (secondary N) is 1. The lowest BCUT2D eigenvalue weighted by Crippen LogP contribution is -2.45. The van der Waals surface area contributed by atoms with E-state index in [1.54, 1.807) is 6.08 Å². The molecule has 0 aliphatic heterocycles. The molecule has 0 aromatic rings. The van der Waals surface area contributed by atoms with Gasteiger partial charge in [0.25, 0.3) is 7.82 Å². The number of phosphoric acid groups is 1. The Morgan fingerprint density at radius 3 is 1.26 bits per heavy atom. The van der Waals surface area contributed by atoms with Gasteiger partial charge in [-0.25, -0.2) is 0 Å². The summed E-state index contributed by atoms with van der Waals surface area (Å²) < 4.78 is 23.3. The maximum atomic E-state index is 12.9. The van der Waals surface area contributed by atoms with E-state index in [0.717, 1.165) is 103 Å². The molecule has 0 heterocycles. The number of amides is 1. The summed E-state index contributed by atoms with van der Waals surface area (Å²) in [6, 6.07) is -0.946. The van der Waals surface area contributed by atoms with Gasteiger partial charge in [0.1, 0.15) is 13.2 Å². The molecule has 2 N–H and O–H groups in total. The largest absolute Gasteiger partial charge is 0.756 e. The van der Waals surface area contributed by atoms with Crippen LogP contribution in [0.1, 0.15) is 194 Å². The zero-order chi connectivity index (χ0) is 54.2. The average molecular weight is 1040 g/mol. The van der Waals surface area contributed by atoms with Gasteiger partial charge in [-0.15, -0.1) is 0 Å². The fraction of sp³-hybridized carbons (Fsp3) is 0.585. The first-order valence-electron chi connectivity index (χ1n) is 28.8. The van der Waals surface area contributed by atoms with Crippen LogP contribution >= 0.6 is 7.82 Å². The quantitative estimate of drug-likeness (QED) is 0.0272. The van der Waals surface area contributed by atoms with Gasteiger partial charge in [0.2, 0.25) is 5.91 Å². The van der Waals surface area contributed by atoms with Crippen molar-refractivity contribution in [3.05, 3.63) is 158 Å². The van der Waals surface area contributed by atoms with Crippen LogP contribution in [0.3, 0.4) is 0 Å². The third kappa shape index (κ3) is 55.9. The molecule has 74 heavy (non-hydrogen) atoms. The number of carbonyl (C=O) groups is 1. The minimum Gasteiger partial charge on any atom is -0.756 e. The van der Waals surface area contributed by atoms with Crippen LogP contribution in [0.2, 0.25) is 0 Å². The first kappa shape index (κ1) is 70.1. The summed E-state index contributed by atoms with van der Waals surface area (Å²) in [4.78, 5) is 25.5. The normalized spacial score (nSPS) is 15.1. The van der Waals surface area contributed by atoms with E-state index >= 15 is 0 Å². The average Bonchev–Trinajstić information content (AvgIpc) is 3.36. The number of nitrogens with zero attached hydrogens (tertiary/aromatic N) is 1. The number of likely N-dealkylation sites (N-methyl/N-ethyl adjacent to an activating group) is 1. The fourth-order valence-corrected chi connectivity index (χ4v) is 7.93. The third-order valence-corrected chi connectivity index (χ3v) is 12.7. The second kappa shape index (κ2) is 53.9. The van der Waals surface area contributed by atoms with Gasteiger partial charge in [-0.2, -0.15) is 0 Å². The van der Waals surface area contributed by atoms with Crippen LogP contribution in [0.5, 0.6) is 0 Å². The summed E-state index contributed by atoms with van der Waals surface area (Å²) >= 11 is 0. The van der Waals surface area contributed by atoms with E-state index in [1.807, 2.05) is 27.2 Å². The highest BCUT2D eigenvalue weighted by atomic mass is 31.2. The number of unbranched alkanes of at least 4 members (excludes halogenated alkanes) is 13. The van der Waals surface area contributed by atoms with Crippen LogP contribution < -0.4 is 10.2 Å². The lowest BCUT2D eigenvalue weighted by Gasteiger charge is -2.29. The summed E-state index contributed by atoms with van der Waals surface area (Å²) in [6.45, 7) is 4.44. The van der Waals surface area contributed by atoms with E-state index in [0.29, 0.717) is 23.9 Å². The molecule has 3 unspecified atom stereocenters. The number of hydrogen-bond acceptors (Lipinski definition) is 6. The Labute approximate surface area is 454 Å². The number of quaternary nitrogens is 1. The van der Waals surface area contributed by atoms with Crippen molar-refractivity contribution in [3.8, 4) is 0 Å². The fourth-order valence-electron chi connectivity index (χ4n) is 7.21. The van der Waals surface area contributed by atoms with E-state index in [2.05, 4.69) is 165 Å². The van der Waals surface area contributed by atoms with Gasteiger partial charge in [0, 0.05) is 6.42 Å². The van der Waals surface area contributed by atoms with Gasteiger partial charge < -0.3 is 28.8 Å². The molecule has 0 fully saturated rings. The third-order valence-electron chi connectivity index (χ3n) is 11.7. The number of hydrogen-bond donors (Lipinski definition) is 2. The van der Waals surface area contributed by atoms with Crippen LogP contribution in [0.4, 0.5) is 0 Å². The Bertz CT molecular complexity index is 1750. The molecule has 418 valence electrons. The number of aliphatic hydroxyl groups is 1. The molecule has 9 heteroatoms. The monoisotopic (exact) mass is 1040 g/mol. The zero-order valence-corrected chi connectivity index (χ0v) is 48.4. The van der Waals surface area contributed by atoms with Crippen molar-refractivity contribution in [2.24, 2.45) is 0 Å². The van der Waals surface area contributed by atoms with E-state index in [-0.39, 0.29) is 18.9 Å². The summed E-state index contributed by atoms with van der Waals surface area (Å²) in [5.41, 5.74) is 0. The van der Waals surface area contributed by atoms with E-state index in [9.17, 15) is 19.4 Å². The van der Waals surface area contributed by atoms with Crippen molar-refractivity contribution in [1.29, 1.82) is 0 Å². The lowest BCUT2D eigenvalue weighted by molar-refractivity contribution is -0.870. The smallest absolute Gasteiger partial charge is 0.268 e. The molecule has 0 rings (SSSR count).